The molecule has 4 nitrogen and oxygen atoms in total. The molecule has 16 heavy (non-hydrogen) atoms. The molecule has 0 atom stereocenters. The molecule has 0 saturated carbocycles. The molecule has 2 rings (SSSR count). The van der Waals surface area contributed by atoms with Gasteiger partial charge < -0.3 is 10.5 Å². The molecule has 0 aliphatic carbocycles. The number of nitrogens with two attached hydrogens (primary N) is 1. The van der Waals surface area contributed by atoms with Gasteiger partial charge in [-0.1, -0.05) is 11.6 Å². The van der Waals surface area contributed by atoms with Crippen LogP contribution in [0.2, 0.25) is 5.02 Å². The molecule has 2 aromatic rings. The Morgan fingerprint density at radius 2 is 2.31 bits per heavy atom. The third-order valence-electron chi connectivity index (χ3n) is 2.24. The Morgan fingerprint density at radius 1 is 1.50 bits per heavy atom. The van der Waals surface area contributed by atoms with E-state index in [9.17, 15) is 0 Å². The summed E-state index contributed by atoms with van der Waals surface area (Å²) in [5.74, 6) is 0.792. The Hall–Kier alpha value is -1.68. The Labute approximate surface area is 98.6 Å². The van der Waals surface area contributed by atoms with Crippen molar-refractivity contribution in [2.24, 2.45) is 0 Å². The molecule has 0 unspecified atom stereocenters. The zero-order valence-electron chi connectivity index (χ0n) is 8.85. The molecule has 0 aliphatic rings. The lowest BCUT2D eigenvalue weighted by Gasteiger charge is -2.09. The molecule has 0 bridgehead atoms. The Kier molecular flexibility index (Phi) is 3.01. The fourth-order valence-corrected chi connectivity index (χ4v) is 1.68. The highest BCUT2D eigenvalue weighted by Crippen LogP contribution is 2.22. The predicted octanol–water partition coefficient (Wildman–Crippen LogP) is 2.18. The summed E-state index contributed by atoms with van der Waals surface area (Å²) >= 11 is 5.79. The first-order chi connectivity index (χ1) is 7.69. The number of rotatable bonds is 3. The summed E-state index contributed by atoms with van der Waals surface area (Å²) < 4.78 is 6.99. The third kappa shape index (κ3) is 2.28. The van der Waals surface area contributed by atoms with E-state index >= 15 is 0 Å². The first-order valence-corrected chi connectivity index (χ1v) is 5.17. The maximum atomic E-state index is 5.79. The van der Waals surface area contributed by atoms with Crippen molar-refractivity contribution in [2.45, 2.75) is 6.54 Å². The fraction of sp³-hybridized carbons (Fsp3) is 0.182. The molecule has 1 heterocycles. The van der Waals surface area contributed by atoms with Crippen molar-refractivity contribution < 1.29 is 4.74 Å². The minimum Gasteiger partial charge on any atom is -0.496 e. The van der Waals surface area contributed by atoms with E-state index in [2.05, 4.69) is 5.10 Å². The Morgan fingerprint density at radius 3 is 2.94 bits per heavy atom. The van der Waals surface area contributed by atoms with Gasteiger partial charge in [-0.15, -0.1) is 0 Å². The van der Waals surface area contributed by atoms with E-state index in [1.165, 1.54) is 0 Å². The van der Waals surface area contributed by atoms with E-state index in [-0.39, 0.29) is 0 Å². The normalized spacial score (nSPS) is 10.4. The number of benzene rings is 1. The molecule has 0 saturated heterocycles. The molecule has 84 valence electrons. The summed E-state index contributed by atoms with van der Waals surface area (Å²) in [5, 5.41) is 4.72. The minimum atomic E-state index is 0.584. The van der Waals surface area contributed by atoms with Gasteiger partial charge in [0, 0.05) is 17.4 Å². The van der Waals surface area contributed by atoms with E-state index in [0.717, 1.165) is 11.3 Å². The number of aromatic nitrogens is 2. The highest BCUT2D eigenvalue weighted by atomic mass is 35.5. The summed E-state index contributed by atoms with van der Waals surface area (Å²) in [7, 11) is 1.63. The van der Waals surface area contributed by atoms with Crippen LogP contribution < -0.4 is 10.5 Å². The highest BCUT2D eigenvalue weighted by Gasteiger charge is 2.05. The first-order valence-electron chi connectivity index (χ1n) is 4.79. The fourth-order valence-electron chi connectivity index (χ4n) is 1.52. The van der Waals surface area contributed by atoms with Crippen molar-refractivity contribution in [2.75, 3.05) is 12.8 Å². The van der Waals surface area contributed by atoms with Gasteiger partial charge in [0.05, 0.1) is 24.9 Å². The molecule has 1 aromatic carbocycles. The van der Waals surface area contributed by atoms with E-state index < -0.39 is 0 Å². The number of hydrogen-bond donors (Lipinski definition) is 1. The topological polar surface area (TPSA) is 53.1 Å². The maximum absolute atomic E-state index is 5.79. The van der Waals surface area contributed by atoms with Crippen LogP contribution in [-0.4, -0.2) is 16.9 Å². The van der Waals surface area contributed by atoms with Crippen molar-refractivity contribution in [1.82, 2.24) is 9.78 Å². The lowest BCUT2D eigenvalue weighted by Crippen LogP contribution is -2.03. The summed E-state index contributed by atoms with van der Waals surface area (Å²) in [6.07, 6.45) is 3.35. The largest absolute Gasteiger partial charge is 0.496 e. The maximum Gasteiger partial charge on any atom is 0.124 e. The van der Waals surface area contributed by atoms with Crippen molar-refractivity contribution in [1.29, 1.82) is 0 Å². The van der Waals surface area contributed by atoms with Crippen LogP contribution in [-0.2, 0) is 6.54 Å². The Bertz CT molecular complexity index is 496. The lowest BCUT2D eigenvalue weighted by molar-refractivity contribution is 0.407. The van der Waals surface area contributed by atoms with Crippen LogP contribution in [0.5, 0.6) is 5.75 Å². The van der Waals surface area contributed by atoms with Gasteiger partial charge >= 0.3 is 0 Å². The van der Waals surface area contributed by atoms with Crippen molar-refractivity contribution >= 4 is 17.3 Å². The van der Waals surface area contributed by atoms with Crippen LogP contribution in [0.4, 0.5) is 5.69 Å². The molecular formula is C11H12ClN3O. The minimum absolute atomic E-state index is 0.584. The monoisotopic (exact) mass is 237 g/mol. The summed E-state index contributed by atoms with van der Waals surface area (Å²) in [5.41, 5.74) is 7.41. The predicted molar refractivity (Wildman–Crippen MR) is 63.7 cm³/mol. The number of nitrogens with zero attached hydrogens (tertiary/aromatic N) is 2. The Balaban J connectivity index is 2.29. The van der Waals surface area contributed by atoms with E-state index in [1.54, 1.807) is 30.3 Å². The number of hydrogen-bond acceptors (Lipinski definition) is 3. The van der Waals surface area contributed by atoms with Crippen LogP contribution in [0, 0.1) is 0 Å². The quantitative estimate of drug-likeness (QED) is 0.833. The smallest absolute Gasteiger partial charge is 0.124 e. The summed E-state index contributed by atoms with van der Waals surface area (Å²) in [4.78, 5) is 0. The van der Waals surface area contributed by atoms with Gasteiger partial charge in [-0.3, -0.25) is 4.68 Å². The van der Waals surface area contributed by atoms with Crippen LogP contribution >= 0.6 is 11.6 Å². The van der Waals surface area contributed by atoms with E-state index in [0.29, 0.717) is 17.3 Å². The molecule has 0 radical (unpaired) electrons. The zero-order chi connectivity index (χ0) is 11.5. The van der Waals surface area contributed by atoms with Gasteiger partial charge in [0.1, 0.15) is 5.75 Å². The second-order valence-corrected chi connectivity index (χ2v) is 3.86. The molecule has 0 spiro atoms. The first kappa shape index (κ1) is 10.8. The van der Waals surface area contributed by atoms with Gasteiger partial charge in [-0.25, -0.2) is 0 Å². The average Bonchev–Trinajstić information content (AvgIpc) is 2.64. The van der Waals surface area contributed by atoms with Gasteiger partial charge in [-0.05, 0) is 18.2 Å². The average molecular weight is 238 g/mol. The third-order valence-corrected chi connectivity index (χ3v) is 2.43. The molecule has 0 amide bonds. The van der Waals surface area contributed by atoms with Gasteiger partial charge in [0.25, 0.3) is 0 Å². The van der Waals surface area contributed by atoms with Crippen LogP contribution in [0.25, 0.3) is 0 Å². The van der Waals surface area contributed by atoms with Crippen molar-refractivity contribution in [3.05, 3.63) is 41.2 Å². The number of anilines is 1. The molecular weight excluding hydrogens is 226 g/mol. The second kappa shape index (κ2) is 4.45. The zero-order valence-corrected chi connectivity index (χ0v) is 9.61. The molecule has 5 heteroatoms. The SMILES string of the molecule is COc1ccc(N)cc1Cn1cc(Cl)cn1. The lowest BCUT2D eigenvalue weighted by atomic mass is 10.2. The van der Waals surface area contributed by atoms with Crippen LogP contribution in [0.3, 0.4) is 0 Å². The molecule has 0 fully saturated rings. The summed E-state index contributed by atoms with van der Waals surface area (Å²) in [6, 6.07) is 5.52. The van der Waals surface area contributed by atoms with E-state index in [1.807, 2.05) is 12.1 Å². The number of nitrogen functional groups attached to an aromatic ring is 1. The number of ether oxygens (including phenoxy) is 1. The second-order valence-electron chi connectivity index (χ2n) is 3.43. The van der Waals surface area contributed by atoms with Gasteiger partial charge in [-0.2, -0.15) is 5.10 Å². The van der Waals surface area contributed by atoms with Crippen molar-refractivity contribution in [3.63, 3.8) is 0 Å². The van der Waals surface area contributed by atoms with Crippen LogP contribution in [0.1, 0.15) is 5.56 Å². The molecule has 0 aliphatic heterocycles. The van der Waals surface area contributed by atoms with Gasteiger partial charge in [0.2, 0.25) is 0 Å². The van der Waals surface area contributed by atoms with Crippen molar-refractivity contribution in [3.8, 4) is 5.75 Å². The van der Waals surface area contributed by atoms with Crippen LogP contribution in [0.15, 0.2) is 30.6 Å². The summed E-state index contributed by atoms with van der Waals surface area (Å²) in [6.45, 7) is 0.584. The molecule has 2 N–H and O–H groups in total. The standard InChI is InChI=1S/C11H12ClN3O/c1-16-11-3-2-10(13)4-8(11)6-15-7-9(12)5-14-15/h2-5,7H,6,13H2,1H3. The highest BCUT2D eigenvalue weighted by molar-refractivity contribution is 6.30. The number of halogens is 1. The van der Waals surface area contributed by atoms with Gasteiger partial charge in [0.15, 0.2) is 0 Å². The molecule has 1 aromatic heterocycles. The van der Waals surface area contributed by atoms with E-state index in [4.69, 9.17) is 22.1 Å². The number of methoxy groups -OCH3 is 1.